The van der Waals surface area contributed by atoms with Gasteiger partial charge in [0.2, 0.25) is 0 Å². The minimum Gasteiger partial charge on any atom is -0.441 e. The van der Waals surface area contributed by atoms with Crippen LogP contribution in [0.3, 0.4) is 0 Å². The number of aldehydes is 1. The van der Waals surface area contributed by atoms with E-state index in [0.29, 0.717) is 22.5 Å². The molecule has 0 saturated heterocycles. The highest BCUT2D eigenvalue weighted by Crippen LogP contribution is 2.25. The molecule has 0 aliphatic heterocycles. The summed E-state index contributed by atoms with van der Waals surface area (Å²) in [4.78, 5) is 15.2. The molecule has 3 aromatic rings. The Morgan fingerprint density at radius 2 is 2.18 bits per heavy atom. The van der Waals surface area contributed by atoms with Crippen molar-refractivity contribution < 1.29 is 9.21 Å². The van der Waals surface area contributed by atoms with Gasteiger partial charge in [-0.25, -0.2) is 4.98 Å². The predicted octanol–water partition coefficient (Wildman–Crippen LogP) is 3.06. The largest absolute Gasteiger partial charge is 0.441 e. The molecule has 0 saturated carbocycles. The van der Waals surface area contributed by atoms with Crippen LogP contribution >= 0.6 is 11.6 Å². The van der Waals surface area contributed by atoms with Crippen LogP contribution in [0.15, 0.2) is 40.9 Å². The van der Waals surface area contributed by atoms with E-state index in [1.807, 2.05) is 6.07 Å². The van der Waals surface area contributed by atoms with E-state index in [2.05, 4.69) is 4.98 Å². The van der Waals surface area contributed by atoms with Crippen LogP contribution in [0, 0.1) is 0 Å². The average molecular weight is 247 g/mol. The van der Waals surface area contributed by atoms with Gasteiger partial charge in [0, 0.05) is 0 Å². The number of furan rings is 1. The lowest BCUT2D eigenvalue weighted by Crippen LogP contribution is -1.96. The maximum Gasteiger partial charge on any atom is 0.194 e. The first kappa shape index (κ1) is 10.1. The first-order chi connectivity index (χ1) is 8.29. The number of nitrogens with zero attached hydrogens (tertiary/aromatic N) is 2. The average Bonchev–Trinajstić information content (AvgIpc) is 2.94. The van der Waals surface area contributed by atoms with E-state index in [-0.39, 0.29) is 0 Å². The van der Waals surface area contributed by atoms with Crippen LogP contribution in [0.5, 0.6) is 0 Å². The number of rotatable bonds is 2. The zero-order valence-corrected chi connectivity index (χ0v) is 9.39. The SMILES string of the molecule is O=Cc1cccc2cnc(-c3ccc(Cl)o3)n12. The van der Waals surface area contributed by atoms with Gasteiger partial charge in [0.05, 0.1) is 17.4 Å². The van der Waals surface area contributed by atoms with Crippen molar-refractivity contribution in [2.45, 2.75) is 0 Å². The second-order valence-electron chi connectivity index (χ2n) is 3.51. The lowest BCUT2D eigenvalue weighted by Gasteiger charge is -2.01. The summed E-state index contributed by atoms with van der Waals surface area (Å²) in [5, 5.41) is 0.292. The molecule has 0 spiro atoms. The third-order valence-electron chi connectivity index (χ3n) is 2.50. The molecule has 3 heterocycles. The maximum absolute atomic E-state index is 11.0. The van der Waals surface area contributed by atoms with Crippen LogP contribution in [-0.4, -0.2) is 15.7 Å². The molecule has 0 atom stereocenters. The third kappa shape index (κ3) is 1.54. The van der Waals surface area contributed by atoms with Crippen LogP contribution in [0.25, 0.3) is 17.1 Å². The van der Waals surface area contributed by atoms with E-state index in [1.165, 1.54) is 0 Å². The molecule has 0 aliphatic carbocycles. The highest BCUT2D eigenvalue weighted by atomic mass is 35.5. The molecule has 0 bridgehead atoms. The zero-order chi connectivity index (χ0) is 11.8. The van der Waals surface area contributed by atoms with Crippen molar-refractivity contribution in [2.24, 2.45) is 0 Å². The fraction of sp³-hybridized carbons (Fsp3) is 0. The van der Waals surface area contributed by atoms with Gasteiger partial charge < -0.3 is 4.42 Å². The van der Waals surface area contributed by atoms with E-state index >= 15 is 0 Å². The van der Waals surface area contributed by atoms with Gasteiger partial charge in [-0.15, -0.1) is 0 Å². The predicted molar refractivity (Wildman–Crippen MR) is 63.3 cm³/mol. The van der Waals surface area contributed by atoms with Crippen LogP contribution in [0.1, 0.15) is 10.5 Å². The first-order valence-electron chi connectivity index (χ1n) is 4.97. The number of carbonyl (C=O) groups is 1. The molecule has 3 aromatic heterocycles. The number of pyridine rings is 1. The smallest absolute Gasteiger partial charge is 0.194 e. The molecular formula is C12H7ClN2O2. The molecule has 0 amide bonds. The van der Waals surface area contributed by atoms with Crippen molar-refractivity contribution in [2.75, 3.05) is 0 Å². The van der Waals surface area contributed by atoms with Crippen molar-refractivity contribution in [1.82, 2.24) is 9.38 Å². The Kier molecular flexibility index (Phi) is 2.23. The molecule has 4 nitrogen and oxygen atoms in total. The van der Waals surface area contributed by atoms with E-state index in [9.17, 15) is 4.79 Å². The molecule has 0 radical (unpaired) electrons. The van der Waals surface area contributed by atoms with Gasteiger partial charge in [0.25, 0.3) is 0 Å². The highest BCUT2D eigenvalue weighted by molar-refractivity contribution is 6.28. The first-order valence-corrected chi connectivity index (χ1v) is 5.35. The number of hydrogen-bond acceptors (Lipinski definition) is 3. The summed E-state index contributed by atoms with van der Waals surface area (Å²) in [5.74, 6) is 1.10. The second-order valence-corrected chi connectivity index (χ2v) is 3.89. The fourth-order valence-electron chi connectivity index (χ4n) is 1.77. The van der Waals surface area contributed by atoms with Crippen molar-refractivity contribution in [3.8, 4) is 11.6 Å². The number of aromatic nitrogens is 2. The monoisotopic (exact) mass is 246 g/mol. The Balaban J connectivity index is 2.33. The molecule has 3 rings (SSSR count). The lowest BCUT2D eigenvalue weighted by atomic mass is 10.3. The highest BCUT2D eigenvalue weighted by Gasteiger charge is 2.12. The van der Waals surface area contributed by atoms with Gasteiger partial charge in [-0.3, -0.25) is 9.20 Å². The van der Waals surface area contributed by atoms with Crippen molar-refractivity contribution >= 4 is 23.4 Å². The molecule has 5 heteroatoms. The van der Waals surface area contributed by atoms with Gasteiger partial charge in [0.1, 0.15) is 0 Å². The minimum atomic E-state index is 0.292. The summed E-state index contributed by atoms with van der Waals surface area (Å²) >= 11 is 5.73. The molecular weight excluding hydrogens is 240 g/mol. The Labute approximate surface area is 101 Å². The van der Waals surface area contributed by atoms with Gasteiger partial charge in [0.15, 0.2) is 23.1 Å². The molecule has 0 aromatic carbocycles. The summed E-state index contributed by atoms with van der Waals surface area (Å²) in [6.07, 6.45) is 2.46. The summed E-state index contributed by atoms with van der Waals surface area (Å²) in [7, 11) is 0. The summed E-state index contributed by atoms with van der Waals surface area (Å²) in [5.41, 5.74) is 1.35. The number of hydrogen-bond donors (Lipinski definition) is 0. The van der Waals surface area contributed by atoms with Crippen molar-refractivity contribution in [1.29, 1.82) is 0 Å². The fourth-order valence-corrected chi connectivity index (χ4v) is 1.92. The van der Waals surface area contributed by atoms with Crippen LogP contribution in [0.2, 0.25) is 5.22 Å². The molecule has 84 valence electrons. The molecule has 0 aliphatic rings. The van der Waals surface area contributed by atoms with E-state index in [0.717, 1.165) is 11.8 Å². The lowest BCUT2D eigenvalue weighted by molar-refractivity contribution is 0.111. The summed E-state index contributed by atoms with van der Waals surface area (Å²) < 4.78 is 7.03. The Hall–Kier alpha value is -2.07. The molecule has 0 unspecified atom stereocenters. The Morgan fingerprint density at radius 3 is 2.88 bits per heavy atom. The molecule has 0 fully saturated rings. The van der Waals surface area contributed by atoms with E-state index < -0.39 is 0 Å². The number of imidazole rings is 1. The van der Waals surface area contributed by atoms with Crippen LogP contribution in [0.4, 0.5) is 0 Å². The van der Waals surface area contributed by atoms with Crippen molar-refractivity contribution in [3.05, 3.63) is 47.4 Å². The van der Waals surface area contributed by atoms with Gasteiger partial charge in [-0.05, 0) is 35.9 Å². The zero-order valence-electron chi connectivity index (χ0n) is 8.63. The number of carbonyl (C=O) groups excluding carboxylic acids is 1. The normalized spacial score (nSPS) is 10.9. The topological polar surface area (TPSA) is 47.5 Å². The van der Waals surface area contributed by atoms with Gasteiger partial charge in [-0.1, -0.05) is 6.07 Å². The van der Waals surface area contributed by atoms with E-state index in [4.69, 9.17) is 16.0 Å². The second kappa shape index (κ2) is 3.75. The van der Waals surface area contributed by atoms with Gasteiger partial charge in [-0.2, -0.15) is 0 Å². The maximum atomic E-state index is 11.0. The van der Waals surface area contributed by atoms with Gasteiger partial charge >= 0.3 is 0 Å². The summed E-state index contributed by atoms with van der Waals surface area (Å²) in [6.45, 7) is 0. The standard InChI is InChI=1S/C12H7ClN2O2/c13-11-5-4-10(17-11)12-14-6-8-2-1-3-9(7-16)15(8)12/h1-7H. The van der Waals surface area contributed by atoms with Crippen LogP contribution in [-0.2, 0) is 0 Å². The third-order valence-corrected chi connectivity index (χ3v) is 2.70. The van der Waals surface area contributed by atoms with E-state index in [1.54, 1.807) is 34.9 Å². The Morgan fingerprint density at radius 1 is 1.29 bits per heavy atom. The molecule has 0 N–H and O–H groups in total. The summed E-state index contributed by atoms with van der Waals surface area (Å²) in [6, 6.07) is 8.75. The van der Waals surface area contributed by atoms with Crippen LogP contribution < -0.4 is 0 Å². The number of fused-ring (bicyclic) bond motifs is 1. The number of halogens is 1. The minimum absolute atomic E-state index is 0.292. The quantitative estimate of drug-likeness (QED) is 0.653. The molecule has 17 heavy (non-hydrogen) atoms. The van der Waals surface area contributed by atoms with Crippen molar-refractivity contribution in [3.63, 3.8) is 0 Å². The Bertz CT molecular complexity index is 699.